The number of rotatable bonds is 5. The Morgan fingerprint density at radius 1 is 1.08 bits per heavy atom. The Labute approximate surface area is 156 Å². The van der Waals surface area contributed by atoms with Gasteiger partial charge in [0.1, 0.15) is 0 Å². The maximum absolute atomic E-state index is 12.5. The van der Waals surface area contributed by atoms with Gasteiger partial charge in [-0.2, -0.15) is 0 Å². The van der Waals surface area contributed by atoms with Crippen LogP contribution in [0.1, 0.15) is 21.5 Å². The lowest BCUT2D eigenvalue weighted by molar-refractivity contribution is 0.0993. The molecular formula is C19H18N2O3S2. The number of nitrogens with zero attached hydrogens (tertiary/aromatic N) is 2. The van der Waals surface area contributed by atoms with Crippen LogP contribution in [0.3, 0.4) is 0 Å². The van der Waals surface area contributed by atoms with Crippen molar-refractivity contribution in [2.75, 3.05) is 11.9 Å². The number of amides is 1. The highest BCUT2D eigenvalue weighted by atomic mass is 32.2. The Balaban J connectivity index is 1.75. The molecule has 0 aliphatic rings. The van der Waals surface area contributed by atoms with Crippen molar-refractivity contribution < 1.29 is 13.2 Å². The predicted octanol–water partition coefficient (Wildman–Crippen LogP) is 3.70. The van der Waals surface area contributed by atoms with Gasteiger partial charge < -0.3 is 0 Å². The Hall–Kier alpha value is -2.51. The summed E-state index contributed by atoms with van der Waals surface area (Å²) in [5, 5.41) is 2.42. The van der Waals surface area contributed by atoms with Crippen LogP contribution in [0.15, 0.2) is 65.0 Å². The fourth-order valence-electron chi connectivity index (χ4n) is 2.45. The topological polar surface area (TPSA) is 67.3 Å². The summed E-state index contributed by atoms with van der Waals surface area (Å²) < 4.78 is 25.0. The Kier molecular flexibility index (Phi) is 5.20. The minimum Gasteiger partial charge on any atom is -0.287 e. The van der Waals surface area contributed by atoms with Crippen LogP contribution < -0.4 is 4.90 Å². The molecule has 5 nitrogen and oxygen atoms in total. The summed E-state index contributed by atoms with van der Waals surface area (Å²) in [6, 6.07) is 13.4. The molecule has 0 bridgehead atoms. The van der Waals surface area contributed by atoms with Crippen LogP contribution in [0.25, 0.3) is 0 Å². The molecule has 26 heavy (non-hydrogen) atoms. The molecule has 134 valence electrons. The summed E-state index contributed by atoms with van der Waals surface area (Å²) in [5.41, 5.74) is 2.13. The smallest absolute Gasteiger partial charge is 0.259 e. The number of carbonyl (C=O) groups excluding carboxylic acids is 1. The van der Waals surface area contributed by atoms with Crippen molar-refractivity contribution in [1.82, 2.24) is 4.98 Å². The second-order valence-electron chi connectivity index (χ2n) is 5.95. The fraction of sp³-hybridized carbons (Fsp3) is 0.158. The SMILES string of the molecule is Cc1ccc(S(=O)(=O)Cc2ccc(C(=O)N(C)c3nccs3)cc2)cc1. The van der Waals surface area contributed by atoms with Gasteiger partial charge in [0.15, 0.2) is 15.0 Å². The molecule has 7 heteroatoms. The van der Waals surface area contributed by atoms with Gasteiger partial charge in [0, 0.05) is 24.2 Å². The van der Waals surface area contributed by atoms with Gasteiger partial charge in [0.25, 0.3) is 5.91 Å². The third-order valence-electron chi connectivity index (χ3n) is 3.95. The molecule has 1 amide bonds. The number of aryl methyl sites for hydroxylation is 1. The minimum absolute atomic E-state index is 0.104. The number of hydrogen-bond acceptors (Lipinski definition) is 5. The molecule has 0 saturated carbocycles. The lowest BCUT2D eigenvalue weighted by Crippen LogP contribution is -2.26. The van der Waals surface area contributed by atoms with Gasteiger partial charge in [-0.1, -0.05) is 29.8 Å². The Morgan fingerprint density at radius 2 is 1.73 bits per heavy atom. The molecule has 0 fully saturated rings. The monoisotopic (exact) mass is 386 g/mol. The minimum atomic E-state index is -3.42. The van der Waals surface area contributed by atoms with Gasteiger partial charge in [0.2, 0.25) is 0 Å². The van der Waals surface area contributed by atoms with Gasteiger partial charge in [-0.15, -0.1) is 11.3 Å². The van der Waals surface area contributed by atoms with Gasteiger partial charge >= 0.3 is 0 Å². The molecule has 0 N–H and O–H groups in total. The summed E-state index contributed by atoms with van der Waals surface area (Å²) in [5.74, 6) is -0.291. The lowest BCUT2D eigenvalue weighted by Gasteiger charge is -2.14. The van der Waals surface area contributed by atoms with Crippen LogP contribution in [0, 0.1) is 6.92 Å². The first kappa shape index (κ1) is 18.3. The van der Waals surface area contributed by atoms with E-state index in [1.54, 1.807) is 67.2 Å². The second kappa shape index (κ2) is 7.39. The molecule has 3 rings (SSSR count). The van der Waals surface area contributed by atoms with E-state index in [9.17, 15) is 13.2 Å². The zero-order valence-corrected chi connectivity index (χ0v) is 16.0. The van der Waals surface area contributed by atoms with Crippen LogP contribution in [0.5, 0.6) is 0 Å². The third-order valence-corrected chi connectivity index (χ3v) is 6.50. The molecule has 0 saturated heterocycles. The van der Waals surface area contributed by atoms with Gasteiger partial charge in [-0.25, -0.2) is 13.4 Å². The fourth-order valence-corrected chi connectivity index (χ4v) is 4.41. The van der Waals surface area contributed by atoms with Crippen LogP contribution in [-0.4, -0.2) is 26.4 Å². The first-order valence-electron chi connectivity index (χ1n) is 7.93. The van der Waals surface area contributed by atoms with Crippen LogP contribution in [0.4, 0.5) is 5.13 Å². The van der Waals surface area contributed by atoms with E-state index >= 15 is 0 Å². The number of benzene rings is 2. The molecule has 0 spiro atoms. The van der Waals surface area contributed by atoms with Crippen molar-refractivity contribution in [3.05, 3.63) is 76.8 Å². The summed E-state index contributed by atoms with van der Waals surface area (Å²) >= 11 is 1.38. The normalized spacial score (nSPS) is 11.3. The summed E-state index contributed by atoms with van der Waals surface area (Å²) in [6.45, 7) is 1.91. The first-order valence-corrected chi connectivity index (χ1v) is 10.5. The van der Waals surface area contributed by atoms with E-state index in [1.165, 1.54) is 16.2 Å². The number of anilines is 1. The summed E-state index contributed by atoms with van der Waals surface area (Å²) in [6.07, 6.45) is 1.64. The van der Waals surface area contributed by atoms with Gasteiger partial charge in [0.05, 0.1) is 10.6 Å². The van der Waals surface area contributed by atoms with Crippen molar-refractivity contribution in [3.63, 3.8) is 0 Å². The van der Waals surface area contributed by atoms with E-state index < -0.39 is 9.84 Å². The number of thiazole rings is 1. The summed E-state index contributed by atoms with van der Waals surface area (Å²) in [7, 11) is -1.76. The average molecular weight is 386 g/mol. The molecule has 0 aliphatic carbocycles. The average Bonchev–Trinajstić information content (AvgIpc) is 3.16. The van der Waals surface area contributed by atoms with E-state index in [2.05, 4.69) is 4.98 Å². The van der Waals surface area contributed by atoms with Crippen LogP contribution >= 0.6 is 11.3 Å². The van der Waals surface area contributed by atoms with E-state index in [4.69, 9.17) is 0 Å². The zero-order valence-electron chi connectivity index (χ0n) is 14.4. The van der Waals surface area contributed by atoms with Crippen molar-refractivity contribution in [3.8, 4) is 0 Å². The maximum Gasteiger partial charge on any atom is 0.259 e. The standard InChI is InChI=1S/C19H18N2O3S2/c1-14-3-9-17(10-4-14)26(23,24)13-15-5-7-16(8-6-15)18(22)21(2)19-20-11-12-25-19/h3-12H,13H2,1-2H3. The number of hydrogen-bond donors (Lipinski definition) is 0. The maximum atomic E-state index is 12.5. The third kappa shape index (κ3) is 4.00. The van der Waals surface area contributed by atoms with Gasteiger partial charge in [-0.05, 0) is 36.8 Å². The molecule has 0 radical (unpaired) electrons. The lowest BCUT2D eigenvalue weighted by atomic mass is 10.1. The molecule has 0 aliphatic heterocycles. The van der Waals surface area contributed by atoms with E-state index in [0.717, 1.165) is 5.56 Å². The van der Waals surface area contributed by atoms with E-state index in [0.29, 0.717) is 21.2 Å². The zero-order chi connectivity index (χ0) is 18.7. The van der Waals surface area contributed by atoms with Crippen molar-refractivity contribution in [2.45, 2.75) is 17.6 Å². The van der Waals surface area contributed by atoms with Crippen molar-refractivity contribution in [1.29, 1.82) is 0 Å². The number of sulfone groups is 1. The highest BCUT2D eigenvalue weighted by Crippen LogP contribution is 2.20. The highest BCUT2D eigenvalue weighted by molar-refractivity contribution is 7.90. The van der Waals surface area contributed by atoms with Crippen LogP contribution in [-0.2, 0) is 15.6 Å². The van der Waals surface area contributed by atoms with Gasteiger partial charge in [-0.3, -0.25) is 9.69 Å². The quantitative estimate of drug-likeness (QED) is 0.670. The number of carbonyl (C=O) groups is 1. The Morgan fingerprint density at radius 3 is 2.31 bits per heavy atom. The van der Waals surface area contributed by atoms with Crippen molar-refractivity contribution in [2.24, 2.45) is 0 Å². The highest BCUT2D eigenvalue weighted by Gasteiger charge is 2.17. The summed E-state index contributed by atoms with van der Waals surface area (Å²) in [4.78, 5) is 18.4. The molecule has 1 aromatic heterocycles. The van der Waals surface area contributed by atoms with E-state index in [-0.39, 0.29) is 11.7 Å². The molecule has 3 aromatic rings. The second-order valence-corrected chi connectivity index (χ2v) is 8.81. The Bertz CT molecular complexity index is 994. The molecule has 0 atom stereocenters. The number of aromatic nitrogens is 1. The van der Waals surface area contributed by atoms with Crippen LogP contribution in [0.2, 0.25) is 0 Å². The predicted molar refractivity (Wildman–Crippen MR) is 103 cm³/mol. The molecule has 2 aromatic carbocycles. The molecule has 1 heterocycles. The molecular weight excluding hydrogens is 368 g/mol. The van der Waals surface area contributed by atoms with Crippen molar-refractivity contribution >= 4 is 32.2 Å². The first-order chi connectivity index (χ1) is 12.4. The molecule has 0 unspecified atom stereocenters. The van der Waals surface area contributed by atoms with E-state index in [1.807, 2.05) is 6.92 Å². The largest absolute Gasteiger partial charge is 0.287 e.